The zero-order chi connectivity index (χ0) is 12.3. The molecule has 0 aliphatic heterocycles. The van der Waals surface area contributed by atoms with Crippen LogP contribution in [0.15, 0.2) is 36.8 Å². The lowest BCUT2D eigenvalue weighted by molar-refractivity contribution is 0.277. The van der Waals surface area contributed by atoms with E-state index >= 15 is 0 Å². The normalized spacial score (nSPS) is 10.8. The summed E-state index contributed by atoms with van der Waals surface area (Å²) in [4.78, 5) is 4.10. The number of imidazole rings is 1. The van der Waals surface area contributed by atoms with Crippen LogP contribution in [-0.4, -0.2) is 14.7 Å². The summed E-state index contributed by atoms with van der Waals surface area (Å²) in [5.41, 5.74) is 0.989. The third kappa shape index (κ3) is 2.58. The Morgan fingerprint density at radius 1 is 1.35 bits per heavy atom. The predicted molar refractivity (Wildman–Crippen MR) is 65.1 cm³/mol. The maximum atomic E-state index is 9.57. The molecule has 1 aromatic heterocycles. The molecule has 1 N–H and O–H groups in total. The number of phenols is 1. The predicted octanol–water partition coefficient (Wildman–Crippen LogP) is 2.75. The molecule has 0 saturated carbocycles. The molecule has 0 amide bonds. The molecule has 0 bridgehead atoms. The molecule has 0 aliphatic rings. The van der Waals surface area contributed by atoms with Gasteiger partial charge in [0.05, 0.1) is 18.2 Å². The van der Waals surface area contributed by atoms with E-state index in [1.54, 1.807) is 30.7 Å². The number of rotatable bonds is 4. The van der Waals surface area contributed by atoms with Crippen molar-refractivity contribution < 1.29 is 9.84 Å². The van der Waals surface area contributed by atoms with E-state index in [9.17, 15) is 5.11 Å². The Kier molecular flexibility index (Phi) is 3.32. The van der Waals surface area contributed by atoms with Gasteiger partial charge in [0.2, 0.25) is 0 Å². The number of para-hydroxylation sites is 2. The lowest BCUT2D eigenvalue weighted by Gasteiger charge is -2.12. The first-order valence-corrected chi connectivity index (χ1v) is 5.60. The van der Waals surface area contributed by atoms with Crippen LogP contribution >= 0.6 is 0 Å². The molecule has 17 heavy (non-hydrogen) atoms. The minimum absolute atomic E-state index is 0.156. The number of ether oxygens (including phenoxy) is 1. The van der Waals surface area contributed by atoms with Gasteiger partial charge in [0.15, 0.2) is 11.5 Å². The maximum Gasteiger partial charge on any atom is 0.161 e. The van der Waals surface area contributed by atoms with E-state index in [2.05, 4.69) is 18.8 Å². The number of aromatic nitrogens is 2. The van der Waals surface area contributed by atoms with E-state index in [1.165, 1.54) is 0 Å². The third-order valence-corrected chi connectivity index (χ3v) is 2.54. The quantitative estimate of drug-likeness (QED) is 0.881. The smallest absolute Gasteiger partial charge is 0.161 e. The van der Waals surface area contributed by atoms with Crippen molar-refractivity contribution in [3.8, 4) is 11.5 Å². The van der Waals surface area contributed by atoms with Gasteiger partial charge in [0, 0.05) is 6.04 Å². The number of nitrogens with zero attached hydrogens (tertiary/aromatic N) is 2. The molecule has 1 aromatic carbocycles. The Balaban J connectivity index is 2.08. The minimum atomic E-state index is 0.156. The lowest BCUT2D eigenvalue weighted by Crippen LogP contribution is -2.07. The fraction of sp³-hybridized carbons (Fsp3) is 0.308. The van der Waals surface area contributed by atoms with Gasteiger partial charge in [-0.1, -0.05) is 12.1 Å². The Hall–Kier alpha value is -1.97. The van der Waals surface area contributed by atoms with Crippen molar-refractivity contribution in [1.29, 1.82) is 0 Å². The second kappa shape index (κ2) is 4.91. The van der Waals surface area contributed by atoms with Crippen LogP contribution in [0.25, 0.3) is 0 Å². The van der Waals surface area contributed by atoms with Crippen LogP contribution in [0.3, 0.4) is 0 Å². The first-order chi connectivity index (χ1) is 8.18. The van der Waals surface area contributed by atoms with Gasteiger partial charge in [0.25, 0.3) is 0 Å². The van der Waals surface area contributed by atoms with Gasteiger partial charge in [-0.15, -0.1) is 0 Å². The van der Waals surface area contributed by atoms with Gasteiger partial charge in [-0.05, 0) is 26.0 Å². The molecule has 4 nitrogen and oxygen atoms in total. The van der Waals surface area contributed by atoms with Crippen LogP contribution in [0.4, 0.5) is 0 Å². The van der Waals surface area contributed by atoms with Crippen molar-refractivity contribution >= 4 is 0 Å². The molecule has 0 aliphatic carbocycles. The van der Waals surface area contributed by atoms with Crippen molar-refractivity contribution in [3.05, 3.63) is 42.5 Å². The number of benzene rings is 1. The lowest BCUT2D eigenvalue weighted by atomic mass is 10.3. The highest BCUT2D eigenvalue weighted by Crippen LogP contribution is 2.25. The summed E-state index contributed by atoms with van der Waals surface area (Å²) in [6.07, 6.45) is 3.56. The summed E-state index contributed by atoms with van der Waals surface area (Å²) in [7, 11) is 0. The van der Waals surface area contributed by atoms with Crippen LogP contribution in [0.2, 0.25) is 0 Å². The molecule has 0 saturated heterocycles. The molecule has 0 unspecified atom stereocenters. The van der Waals surface area contributed by atoms with Crippen molar-refractivity contribution in [3.63, 3.8) is 0 Å². The molecular weight excluding hydrogens is 216 g/mol. The standard InChI is InChI=1S/C13H16N2O2/c1-10(2)15-9-14-7-11(15)8-17-13-6-4-3-5-12(13)16/h3-7,9-10,16H,8H2,1-2H3. The first kappa shape index (κ1) is 11.5. The van der Waals surface area contributed by atoms with Crippen LogP contribution in [-0.2, 0) is 6.61 Å². The summed E-state index contributed by atoms with van der Waals surface area (Å²) in [5.74, 6) is 0.645. The van der Waals surface area contributed by atoms with Gasteiger partial charge >= 0.3 is 0 Å². The second-order valence-corrected chi connectivity index (χ2v) is 4.14. The monoisotopic (exact) mass is 232 g/mol. The van der Waals surface area contributed by atoms with Gasteiger partial charge < -0.3 is 14.4 Å². The van der Waals surface area contributed by atoms with Crippen molar-refractivity contribution in [2.24, 2.45) is 0 Å². The molecule has 4 heteroatoms. The van der Waals surface area contributed by atoms with Gasteiger partial charge in [0.1, 0.15) is 6.61 Å². The maximum absolute atomic E-state index is 9.57. The third-order valence-electron chi connectivity index (χ3n) is 2.54. The van der Waals surface area contributed by atoms with E-state index in [0.717, 1.165) is 5.69 Å². The van der Waals surface area contributed by atoms with E-state index in [0.29, 0.717) is 18.4 Å². The van der Waals surface area contributed by atoms with Crippen molar-refractivity contribution in [1.82, 2.24) is 9.55 Å². The highest BCUT2D eigenvalue weighted by Gasteiger charge is 2.07. The zero-order valence-electron chi connectivity index (χ0n) is 10.00. The Bertz CT molecular complexity index is 492. The Morgan fingerprint density at radius 3 is 2.82 bits per heavy atom. The van der Waals surface area contributed by atoms with E-state index in [-0.39, 0.29) is 5.75 Å². The molecule has 0 radical (unpaired) electrons. The molecule has 90 valence electrons. The Labute approximate surface area is 100 Å². The summed E-state index contributed by atoms with van der Waals surface area (Å²) in [6, 6.07) is 7.29. The number of hydrogen-bond acceptors (Lipinski definition) is 3. The second-order valence-electron chi connectivity index (χ2n) is 4.14. The largest absolute Gasteiger partial charge is 0.504 e. The minimum Gasteiger partial charge on any atom is -0.504 e. The molecule has 2 rings (SSSR count). The molecule has 2 aromatic rings. The molecule has 1 heterocycles. The average Bonchev–Trinajstić information content (AvgIpc) is 2.76. The molecule has 0 atom stereocenters. The van der Waals surface area contributed by atoms with Gasteiger partial charge in [-0.25, -0.2) is 4.98 Å². The number of hydrogen-bond donors (Lipinski definition) is 1. The van der Waals surface area contributed by atoms with Crippen molar-refractivity contribution in [2.75, 3.05) is 0 Å². The summed E-state index contributed by atoms with van der Waals surface area (Å²) < 4.78 is 7.60. The summed E-state index contributed by atoms with van der Waals surface area (Å²) >= 11 is 0. The van der Waals surface area contributed by atoms with Crippen LogP contribution < -0.4 is 4.74 Å². The zero-order valence-corrected chi connectivity index (χ0v) is 10.00. The van der Waals surface area contributed by atoms with Crippen LogP contribution in [0.5, 0.6) is 11.5 Å². The highest BCUT2D eigenvalue weighted by molar-refractivity contribution is 5.37. The Morgan fingerprint density at radius 2 is 2.12 bits per heavy atom. The topological polar surface area (TPSA) is 47.3 Å². The first-order valence-electron chi connectivity index (χ1n) is 5.60. The number of phenolic OH excluding ortho intramolecular Hbond substituents is 1. The van der Waals surface area contributed by atoms with E-state index in [4.69, 9.17) is 4.74 Å². The SMILES string of the molecule is CC(C)n1cncc1COc1ccccc1O. The van der Waals surface area contributed by atoms with E-state index in [1.807, 2.05) is 10.6 Å². The fourth-order valence-electron chi connectivity index (χ4n) is 1.64. The van der Waals surface area contributed by atoms with E-state index < -0.39 is 0 Å². The van der Waals surface area contributed by atoms with Crippen LogP contribution in [0, 0.1) is 0 Å². The average molecular weight is 232 g/mol. The number of aromatic hydroxyl groups is 1. The highest BCUT2D eigenvalue weighted by atomic mass is 16.5. The van der Waals surface area contributed by atoms with Gasteiger partial charge in [-0.3, -0.25) is 0 Å². The molecular formula is C13H16N2O2. The molecule has 0 spiro atoms. The fourth-order valence-corrected chi connectivity index (χ4v) is 1.64. The molecule has 0 fully saturated rings. The van der Waals surface area contributed by atoms with Gasteiger partial charge in [-0.2, -0.15) is 0 Å². The van der Waals surface area contributed by atoms with Crippen LogP contribution in [0.1, 0.15) is 25.6 Å². The van der Waals surface area contributed by atoms with Crippen molar-refractivity contribution in [2.45, 2.75) is 26.5 Å². The summed E-state index contributed by atoms with van der Waals surface area (Å²) in [6.45, 7) is 4.58. The summed E-state index contributed by atoms with van der Waals surface area (Å²) in [5, 5.41) is 9.57.